The SMILES string of the molecule is Cc1cc(F)ccc1S(=O)(=O)N(C)c1ccc2c(c1)OCCO2. The number of rotatable bonds is 3. The number of benzene rings is 2. The lowest BCUT2D eigenvalue weighted by molar-refractivity contribution is 0.171. The Bertz CT molecular complexity index is 851. The highest BCUT2D eigenvalue weighted by molar-refractivity contribution is 7.92. The summed E-state index contributed by atoms with van der Waals surface area (Å²) in [6.07, 6.45) is 0. The maximum Gasteiger partial charge on any atom is 0.264 e. The van der Waals surface area contributed by atoms with E-state index >= 15 is 0 Å². The lowest BCUT2D eigenvalue weighted by Gasteiger charge is -2.23. The van der Waals surface area contributed by atoms with Crippen LogP contribution in [-0.2, 0) is 10.0 Å². The number of fused-ring (bicyclic) bond motifs is 1. The maximum atomic E-state index is 13.2. The third-order valence-corrected chi connectivity index (χ3v) is 5.61. The van der Waals surface area contributed by atoms with Gasteiger partial charge in [0.1, 0.15) is 19.0 Å². The van der Waals surface area contributed by atoms with Gasteiger partial charge in [-0.25, -0.2) is 12.8 Å². The molecule has 3 rings (SSSR count). The highest BCUT2D eigenvalue weighted by Crippen LogP contribution is 2.35. The van der Waals surface area contributed by atoms with Crippen LogP contribution in [0.25, 0.3) is 0 Å². The van der Waals surface area contributed by atoms with Gasteiger partial charge in [0, 0.05) is 13.1 Å². The predicted octanol–water partition coefficient (Wildman–Crippen LogP) is 2.73. The molecule has 2 aromatic carbocycles. The van der Waals surface area contributed by atoms with Crippen LogP contribution in [0.1, 0.15) is 5.56 Å². The van der Waals surface area contributed by atoms with Crippen LogP contribution in [0.5, 0.6) is 11.5 Å². The fourth-order valence-corrected chi connectivity index (χ4v) is 3.81. The molecule has 0 radical (unpaired) electrons. The number of ether oxygens (including phenoxy) is 2. The summed E-state index contributed by atoms with van der Waals surface area (Å²) in [6.45, 7) is 2.45. The number of hydrogen-bond acceptors (Lipinski definition) is 4. The van der Waals surface area contributed by atoms with Crippen LogP contribution in [-0.4, -0.2) is 28.7 Å². The highest BCUT2D eigenvalue weighted by atomic mass is 32.2. The predicted molar refractivity (Wildman–Crippen MR) is 84.2 cm³/mol. The zero-order valence-corrected chi connectivity index (χ0v) is 13.6. The molecule has 0 unspecified atom stereocenters. The lowest BCUT2D eigenvalue weighted by atomic mass is 10.2. The van der Waals surface area contributed by atoms with Crippen LogP contribution in [0.15, 0.2) is 41.3 Å². The monoisotopic (exact) mass is 337 g/mol. The molecular weight excluding hydrogens is 321 g/mol. The van der Waals surface area contributed by atoms with Gasteiger partial charge in [-0.3, -0.25) is 4.31 Å². The normalized spacial score (nSPS) is 13.7. The Labute approximate surface area is 134 Å². The lowest BCUT2D eigenvalue weighted by Crippen LogP contribution is -2.27. The van der Waals surface area contributed by atoms with Crippen molar-refractivity contribution in [2.24, 2.45) is 0 Å². The van der Waals surface area contributed by atoms with Crippen molar-refractivity contribution in [1.82, 2.24) is 0 Å². The van der Waals surface area contributed by atoms with Crippen LogP contribution in [0.3, 0.4) is 0 Å². The molecule has 0 spiro atoms. The summed E-state index contributed by atoms with van der Waals surface area (Å²) < 4.78 is 50.8. The minimum Gasteiger partial charge on any atom is -0.486 e. The van der Waals surface area contributed by atoms with Crippen LogP contribution in [0.4, 0.5) is 10.1 Å². The second-order valence-electron chi connectivity index (χ2n) is 5.21. The zero-order chi connectivity index (χ0) is 16.6. The van der Waals surface area contributed by atoms with E-state index in [1.807, 2.05) is 0 Å². The molecule has 0 bridgehead atoms. The fourth-order valence-electron chi connectivity index (χ4n) is 2.42. The number of nitrogens with zero attached hydrogens (tertiary/aromatic N) is 1. The first-order valence-electron chi connectivity index (χ1n) is 7.04. The molecule has 0 saturated heterocycles. The summed E-state index contributed by atoms with van der Waals surface area (Å²) in [5, 5.41) is 0. The maximum absolute atomic E-state index is 13.2. The van der Waals surface area contributed by atoms with E-state index in [2.05, 4.69) is 0 Å². The Morgan fingerprint density at radius 3 is 2.43 bits per heavy atom. The number of anilines is 1. The van der Waals surface area contributed by atoms with Crippen molar-refractivity contribution in [3.63, 3.8) is 0 Å². The van der Waals surface area contributed by atoms with Crippen molar-refractivity contribution in [2.75, 3.05) is 24.6 Å². The topological polar surface area (TPSA) is 55.8 Å². The third-order valence-electron chi connectivity index (χ3n) is 3.66. The summed E-state index contributed by atoms with van der Waals surface area (Å²) in [5.74, 6) is 0.624. The zero-order valence-electron chi connectivity index (χ0n) is 12.7. The van der Waals surface area contributed by atoms with Gasteiger partial charge in [-0.2, -0.15) is 0 Å². The fraction of sp³-hybridized carbons (Fsp3) is 0.250. The molecule has 0 fully saturated rings. The van der Waals surface area contributed by atoms with E-state index in [0.717, 1.165) is 10.4 Å². The summed E-state index contributed by atoms with van der Waals surface area (Å²) >= 11 is 0. The van der Waals surface area contributed by atoms with Gasteiger partial charge in [0.05, 0.1) is 10.6 Å². The smallest absolute Gasteiger partial charge is 0.264 e. The van der Waals surface area contributed by atoms with Gasteiger partial charge in [0.15, 0.2) is 11.5 Å². The van der Waals surface area contributed by atoms with E-state index in [4.69, 9.17) is 9.47 Å². The van der Waals surface area contributed by atoms with Crippen molar-refractivity contribution >= 4 is 15.7 Å². The van der Waals surface area contributed by atoms with Gasteiger partial charge in [-0.15, -0.1) is 0 Å². The second kappa shape index (κ2) is 5.73. The number of sulfonamides is 1. The van der Waals surface area contributed by atoms with Crippen molar-refractivity contribution < 1.29 is 22.3 Å². The molecule has 5 nitrogen and oxygen atoms in total. The van der Waals surface area contributed by atoms with Gasteiger partial charge in [-0.05, 0) is 42.8 Å². The molecule has 0 aromatic heterocycles. The van der Waals surface area contributed by atoms with E-state index in [-0.39, 0.29) is 4.90 Å². The quantitative estimate of drug-likeness (QED) is 0.864. The van der Waals surface area contributed by atoms with Crippen LogP contribution in [0.2, 0.25) is 0 Å². The highest BCUT2D eigenvalue weighted by Gasteiger charge is 2.25. The molecule has 122 valence electrons. The largest absolute Gasteiger partial charge is 0.486 e. The molecule has 1 heterocycles. The molecule has 23 heavy (non-hydrogen) atoms. The first kappa shape index (κ1) is 15.6. The summed E-state index contributed by atoms with van der Waals surface area (Å²) in [5.41, 5.74) is 0.798. The van der Waals surface area contributed by atoms with Crippen LogP contribution >= 0.6 is 0 Å². The average Bonchev–Trinajstić information content (AvgIpc) is 2.53. The van der Waals surface area contributed by atoms with Crippen molar-refractivity contribution in [2.45, 2.75) is 11.8 Å². The minimum atomic E-state index is -3.80. The molecule has 1 aliphatic rings. The summed E-state index contributed by atoms with van der Waals surface area (Å²) in [7, 11) is -2.35. The Morgan fingerprint density at radius 2 is 1.74 bits per heavy atom. The van der Waals surface area contributed by atoms with Gasteiger partial charge in [0.2, 0.25) is 0 Å². The Morgan fingerprint density at radius 1 is 1.04 bits per heavy atom. The molecule has 0 saturated carbocycles. The molecule has 0 atom stereocenters. The van der Waals surface area contributed by atoms with E-state index < -0.39 is 15.8 Å². The van der Waals surface area contributed by atoms with Gasteiger partial charge in [0.25, 0.3) is 10.0 Å². The van der Waals surface area contributed by atoms with Gasteiger partial charge >= 0.3 is 0 Å². The summed E-state index contributed by atoms with van der Waals surface area (Å²) in [4.78, 5) is 0.0660. The molecule has 2 aromatic rings. The van der Waals surface area contributed by atoms with Crippen LogP contribution < -0.4 is 13.8 Å². The van der Waals surface area contributed by atoms with Gasteiger partial charge in [-0.1, -0.05) is 0 Å². The number of aryl methyl sites for hydroxylation is 1. The van der Waals surface area contributed by atoms with Crippen LogP contribution in [0, 0.1) is 12.7 Å². The Hall–Kier alpha value is -2.28. The number of halogens is 1. The molecule has 1 aliphatic heterocycles. The second-order valence-corrected chi connectivity index (χ2v) is 7.15. The van der Waals surface area contributed by atoms with E-state index in [0.29, 0.717) is 36.0 Å². The van der Waals surface area contributed by atoms with E-state index in [9.17, 15) is 12.8 Å². The molecule has 0 aliphatic carbocycles. The van der Waals surface area contributed by atoms with Crippen molar-refractivity contribution in [3.05, 3.63) is 47.8 Å². The number of hydrogen-bond donors (Lipinski definition) is 0. The van der Waals surface area contributed by atoms with Crippen molar-refractivity contribution in [3.8, 4) is 11.5 Å². The first-order chi connectivity index (χ1) is 10.9. The standard InChI is InChI=1S/C16H16FNO4S/c1-11-9-12(17)3-6-16(11)23(19,20)18(2)13-4-5-14-15(10-13)22-8-7-21-14/h3-6,9-10H,7-8H2,1-2H3. The van der Waals surface area contributed by atoms with Crippen molar-refractivity contribution in [1.29, 1.82) is 0 Å². The Balaban J connectivity index is 2.00. The minimum absolute atomic E-state index is 0.0660. The molecule has 7 heteroatoms. The molecule has 0 N–H and O–H groups in total. The first-order valence-corrected chi connectivity index (χ1v) is 8.48. The molecular formula is C16H16FNO4S. The van der Waals surface area contributed by atoms with E-state index in [1.54, 1.807) is 25.1 Å². The molecule has 0 amide bonds. The Kier molecular flexibility index (Phi) is 3.89. The summed E-state index contributed by atoms with van der Waals surface area (Å²) in [6, 6.07) is 8.54. The van der Waals surface area contributed by atoms with E-state index in [1.165, 1.54) is 19.2 Å². The third kappa shape index (κ3) is 2.84. The van der Waals surface area contributed by atoms with Gasteiger partial charge < -0.3 is 9.47 Å². The average molecular weight is 337 g/mol.